The van der Waals surface area contributed by atoms with E-state index >= 15 is 0 Å². The summed E-state index contributed by atoms with van der Waals surface area (Å²) in [6.45, 7) is 2.63. The zero-order valence-corrected chi connectivity index (χ0v) is 16.7. The number of benzene rings is 1. The molecule has 0 unspecified atom stereocenters. The van der Waals surface area contributed by atoms with Gasteiger partial charge in [0.1, 0.15) is 27.2 Å². The quantitative estimate of drug-likeness (QED) is 0.337. The SMILES string of the molecule is COc1ccc(OCCSc2nc(C)nc3sc4c(c23)CCCC4)cc1. The average molecular weight is 387 g/mol. The van der Waals surface area contributed by atoms with Crippen LogP contribution < -0.4 is 9.47 Å². The maximum absolute atomic E-state index is 5.85. The number of aryl methyl sites for hydroxylation is 3. The first-order valence-electron chi connectivity index (χ1n) is 8.93. The zero-order chi connectivity index (χ0) is 17.9. The van der Waals surface area contributed by atoms with Gasteiger partial charge in [-0.1, -0.05) is 0 Å². The minimum atomic E-state index is 0.647. The van der Waals surface area contributed by atoms with Crippen LogP contribution in [0, 0.1) is 6.92 Å². The highest BCUT2D eigenvalue weighted by atomic mass is 32.2. The number of fused-ring (bicyclic) bond motifs is 3. The summed E-state index contributed by atoms with van der Waals surface area (Å²) in [5.41, 5.74) is 1.50. The molecule has 0 amide bonds. The first kappa shape index (κ1) is 17.6. The highest BCUT2D eigenvalue weighted by Gasteiger charge is 2.20. The van der Waals surface area contributed by atoms with Crippen LogP contribution in [0.15, 0.2) is 29.3 Å². The minimum absolute atomic E-state index is 0.647. The monoisotopic (exact) mass is 386 g/mol. The molecular weight excluding hydrogens is 364 g/mol. The molecule has 0 radical (unpaired) electrons. The highest BCUT2D eigenvalue weighted by molar-refractivity contribution is 7.99. The number of nitrogens with zero attached hydrogens (tertiary/aromatic N) is 2. The summed E-state index contributed by atoms with van der Waals surface area (Å²) in [5.74, 6) is 3.42. The van der Waals surface area contributed by atoms with E-state index in [-0.39, 0.29) is 0 Å². The van der Waals surface area contributed by atoms with Gasteiger partial charge in [-0.15, -0.1) is 23.1 Å². The molecule has 0 aliphatic heterocycles. The standard InChI is InChI=1S/C20H22N2O2S2/c1-13-21-19(18-16-5-3-4-6-17(16)26-20(18)22-13)25-12-11-24-15-9-7-14(23-2)8-10-15/h7-10H,3-6,11-12H2,1-2H3. The molecule has 136 valence electrons. The van der Waals surface area contributed by atoms with Crippen LogP contribution in [0.4, 0.5) is 0 Å². The average Bonchev–Trinajstić information content (AvgIpc) is 3.03. The lowest BCUT2D eigenvalue weighted by atomic mass is 9.97. The maximum atomic E-state index is 5.85. The fourth-order valence-corrected chi connectivity index (χ4v) is 5.59. The summed E-state index contributed by atoms with van der Waals surface area (Å²) < 4.78 is 11.0. The fraction of sp³-hybridized carbons (Fsp3) is 0.400. The third kappa shape index (κ3) is 3.67. The third-order valence-electron chi connectivity index (χ3n) is 4.54. The van der Waals surface area contributed by atoms with Crippen LogP contribution in [0.1, 0.15) is 29.1 Å². The summed E-state index contributed by atoms with van der Waals surface area (Å²) in [6, 6.07) is 7.70. The number of thioether (sulfide) groups is 1. The second-order valence-electron chi connectivity index (χ2n) is 6.34. The summed E-state index contributed by atoms with van der Waals surface area (Å²) in [4.78, 5) is 12.1. The van der Waals surface area contributed by atoms with E-state index in [2.05, 4.69) is 4.98 Å². The Morgan fingerprint density at radius 3 is 2.65 bits per heavy atom. The topological polar surface area (TPSA) is 44.2 Å². The van der Waals surface area contributed by atoms with Crippen molar-refractivity contribution in [2.45, 2.75) is 37.6 Å². The molecular formula is C20H22N2O2S2. The van der Waals surface area contributed by atoms with Crippen molar-refractivity contribution in [3.63, 3.8) is 0 Å². The van der Waals surface area contributed by atoms with Gasteiger partial charge in [0.25, 0.3) is 0 Å². The molecule has 1 aliphatic rings. The Labute approximate surface area is 162 Å². The van der Waals surface area contributed by atoms with Crippen LogP contribution in [0.25, 0.3) is 10.2 Å². The number of ether oxygens (including phenoxy) is 2. The Bertz CT molecular complexity index is 906. The Hall–Kier alpha value is -1.79. The van der Waals surface area contributed by atoms with Crippen LogP contribution >= 0.6 is 23.1 Å². The van der Waals surface area contributed by atoms with E-state index in [0.29, 0.717) is 6.61 Å². The van der Waals surface area contributed by atoms with Crippen LogP contribution in [0.5, 0.6) is 11.5 Å². The van der Waals surface area contributed by atoms with Crippen molar-refractivity contribution in [1.29, 1.82) is 0 Å². The molecule has 0 N–H and O–H groups in total. The van der Waals surface area contributed by atoms with Crippen molar-refractivity contribution in [2.75, 3.05) is 19.5 Å². The van der Waals surface area contributed by atoms with Gasteiger partial charge in [-0.2, -0.15) is 0 Å². The van der Waals surface area contributed by atoms with Crippen molar-refractivity contribution in [1.82, 2.24) is 9.97 Å². The van der Waals surface area contributed by atoms with Crippen molar-refractivity contribution >= 4 is 33.3 Å². The second-order valence-corrected chi connectivity index (χ2v) is 8.51. The molecule has 0 spiro atoms. The molecule has 4 rings (SSSR count). The predicted molar refractivity (Wildman–Crippen MR) is 108 cm³/mol. The van der Waals surface area contributed by atoms with E-state index in [1.165, 1.54) is 35.1 Å². The van der Waals surface area contributed by atoms with Crippen molar-refractivity contribution in [3.8, 4) is 11.5 Å². The van der Waals surface area contributed by atoms with E-state index in [1.807, 2.05) is 42.5 Å². The number of thiophene rings is 1. The molecule has 1 aliphatic carbocycles. The van der Waals surface area contributed by atoms with Crippen LogP contribution in [0.2, 0.25) is 0 Å². The lowest BCUT2D eigenvalue weighted by molar-refractivity contribution is 0.342. The van der Waals surface area contributed by atoms with E-state index in [9.17, 15) is 0 Å². The second kappa shape index (κ2) is 7.84. The Kier molecular flexibility index (Phi) is 5.31. The molecule has 0 atom stereocenters. The van der Waals surface area contributed by atoms with Gasteiger partial charge in [-0.25, -0.2) is 9.97 Å². The molecule has 0 saturated heterocycles. The molecule has 6 heteroatoms. The molecule has 0 fully saturated rings. The van der Waals surface area contributed by atoms with Gasteiger partial charge in [0.15, 0.2) is 0 Å². The van der Waals surface area contributed by atoms with Crippen LogP contribution in [-0.2, 0) is 12.8 Å². The lowest BCUT2D eigenvalue weighted by Gasteiger charge is -2.12. The van der Waals surface area contributed by atoms with Gasteiger partial charge in [-0.3, -0.25) is 0 Å². The third-order valence-corrected chi connectivity index (χ3v) is 6.67. The van der Waals surface area contributed by atoms with Crippen molar-refractivity contribution in [2.24, 2.45) is 0 Å². The lowest BCUT2D eigenvalue weighted by Crippen LogP contribution is -2.02. The largest absolute Gasteiger partial charge is 0.497 e. The smallest absolute Gasteiger partial charge is 0.128 e. The van der Waals surface area contributed by atoms with E-state index in [1.54, 1.807) is 18.9 Å². The zero-order valence-electron chi connectivity index (χ0n) is 15.1. The first-order valence-corrected chi connectivity index (χ1v) is 10.7. The molecule has 2 aromatic heterocycles. The normalized spacial score (nSPS) is 13.6. The molecule has 0 bridgehead atoms. The van der Waals surface area contributed by atoms with Gasteiger partial charge < -0.3 is 9.47 Å². The molecule has 4 nitrogen and oxygen atoms in total. The maximum Gasteiger partial charge on any atom is 0.128 e. The number of rotatable bonds is 6. The fourth-order valence-electron chi connectivity index (χ4n) is 3.30. The Morgan fingerprint density at radius 1 is 1.08 bits per heavy atom. The van der Waals surface area contributed by atoms with Gasteiger partial charge in [0, 0.05) is 16.0 Å². The Morgan fingerprint density at radius 2 is 1.85 bits per heavy atom. The number of aromatic nitrogens is 2. The Balaban J connectivity index is 1.45. The van der Waals surface area contributed by atoms with Gasteiger partial charge >= 0.3 is 0 Å². The van der Waals surface area contributed by atoms with E-state index in [4.69, 9.17) is 14.5 Å². The molecule has 3 aromatic rings. The van der Waals surface area contributed by atoms with Crippen LogP contribution in [-0.4, -0.2) is 29.4 Å². The summed E-state index contributed by atoms with van der Waals surface area (Å²) in [6.07, 6.45) is 4.93. The van der Waals surface area contributed by atoms with Crippen LogP contribution in [0.3, 0.4) is 0 Å². The summed E-state index contributed by atoms with van der Waals surface area (Å²) in [7, 11) is 1.67. The molecule has 0 saturated carbocycles. The van der Waals surface area contributed by atoms with Crippen molar-refractivity contribution < 1.29 is 9.47 Å². The summed E-state index contributed by atoms with van der Waals surface area (Å²) in [5, 5.41) is 2.41. The van der Waals surface area contributed by atoms with Crippen molar-refractivity contribution in [3.05, 3.63) is 40.5 Å². The minimum Gasteiger partial charge on any atom is -0.497 e. The summed E-state index contributed by atoms with van der Waals surface area (Å²) >= 11 is 3.63. The number of hydrogen-bond donors (Lipinski definition) is 0. The van der Waals surface area contributed by atoms with Gasteiger partial charge in [-0.05, 0) is 62.4 Å². The van der Waals surface area contributed by atoms with Gasteiger partial charge in [0.2, 0.25) is 0 Å². The predicted octanol–water partition coefficient (Wildman–Crippen LogP) is 5.06. The molecule has 2 heterocycles. The molecule has 26 heavy (non-hydrogen) atoms. The highest BCUT2D eigenvalue weighted by Crippen LogP contribution is 2.39. The number of hydrogen-bond acceptors (Lipinski definition) is 6. The van der Waals surface area contributed by atoms with E-state index < -0.39 is 0 Å². The van der Waals surface area contributed by atoms with E-state index in [0.717, 1.165) is 39.4 Å². The first-order chi connectivity index (χ1) is 12.7. The number of methoxy groups -OCH3 is 1. The molecule has 1 aromatic carbocycles. The van der Waals surface area contributed by atoms with Gasteiger partial charge in [0.05, 0.1) is 13.7 Å².